The first kappa shape index (κ1) is 13.8. The Morgan fingerprint density at radius 3 is 2.30 bits per heavy atom. The van der Waals surface area contributed by atoms with Crippen molar-refractivity contribution >= 4 is 5.78 Å². The molecule has 0 aromatic heterocycles. The molecule has 20 heavy (non-hydrogen) atoms. The lowest BCUT2D eigenvalue weighted by atomic mass is 9.86. The molecule has 0 spiro atoms. The maximum absolute atomic E-state index is 12.9. The molecule has 2 aliphatic rings. The van der Waals surface area contributed by atoms with Gasteiger partial charge in [-0.25, -0.2) is 0 Å². The molecule has 2 nitrogen and oxygen atoms in total. The number of Topliss-reactive ketones (excluding diaryl/α,β-unsaturated/α-hetero) is 1. The van der Waals surface area contributed by atoms with Crippen molar-refractivity contribution in [1.82, 2.24) is 4.90 Å². The van der Waals surface area contributed by atoms with Crippen molar-refractivity contribution in [3.8, 4) is 0 Å². The van der Waals surface area contributed by atoms with E-state index in [1.165, 1.54) is 31.2 Å². The van der Waals surface area contributed by atoms with Crippen LogP contribution in [0.4, 0.5) is 0 Å². The summed E-state index contributed by atoms with van der Waals surface area (Å²) < 4.78 is 0. The molecule has 1 aliphatic heterocycles. The molecular formula is C18H25NO. The molecule has 1 aliphatic carbocycles. The third-order valence-corrected chi connectivity index (χ3v) is 5.14. The SMILES string of the molecule is O=C(CCc1ccccc1)C1(N2CCCC2)CCCC1. The standard InChI is InChI=1S/C18H25NO/c20-17(11-10-16-8-2-1-3-9-16)18(12-4-5-13-18)19-14-6-7-15-19/h1-3,8-9H,4-7,10-15H2. The summed E-state index contributed by atoms with van der Waals surface area (Å²) in [4.78, 5) is 15.4. The van der Waals surface area contributed by atoms with Crippen LogP contribution in [0.15, 0.2) is 30.3 Å². The molecule has 108 valence electrons. The molecule has 1 heterocycles. The highest BCUT2D eigenvalue weighted by atomic mass is 16.1. The average molecular weight is 271 g/mol. The Hall–Kier alpha value is -1.15. The molecule has 1 aromatic rings. The summed E-state index contributed by atoms with van der Waals surface area (Å²) in [6, 6.07) is 10.4. The molecule has 2 heteroatoms. The minimum Gasteiger partial charge on any atom is -0.298 e. The third kappa shape index (κ3) is 2.67. The van der Waals surface area contributed by atoms with E-state index in [-0.39, 0.29) is 5.54 Å². The molecular weight excluding hydrogens is 246 g/mol. The molecule has 0 atom stereocenters. The fourth-order valence-corrected chi connectivity index (χ4v) is 4.01. The number of carbonyl (C=O) groups excluding carboxylic acids is 1. The number of hydrogen-bond acceptors (Lipinski definition) is 2. The van der Waals surface area contributed by atoms with E-state index < -0.39 is 0 Å². The summed E-state index contributed by atoms with van der Waals surface area (Å²) in [6.45, 7) is 2.27. The van der Waals surface area contributed by atoms with Gasteiger partial charge in [0.25, 0.3) is 0 Å². The number of rotatable bonds is 5. The van der Waals surface area contributed by atoms with Crippen LogP contribution in [0.1, 0.15) is 50.5 Å². The number of nitrogens with zero attached hydrogens (tertiary/aromatic N) is 1. The molecule has 3 rings (SSSR count). The summed E-state index contributed by atoms with van der Waals surface area (Å²) in [5.74, 6) is 0.501. The second-order valence-electron chi connectivity index (χ2n) is 6.34. The number of benzene rings is 1. The van der Waals surface area contributed by atoms with Crippen LogP contribution < -0.4 is 0 Å². The van der Waals surface area contributed by atoms with Gasteiger partial charge in [-0.1, -0.05) is 43.2 Å². The zero-order chi connectivity index (χ0) is 13.8. The first-order chi connectivity index (χ1) is 9.81. The lowest BCUT2D eigenvalue weighted by Gasteiger charge is -2.37. The summed E-state index contributed by atoms with van der Waals surface area (Å²) in [5, 5.41) is 0. The van der Waals surface area contributed by atoms with Crippen LogP contribution in [-0.2, 0) is 11.2 Å². The van der Waals surface area contributed by atoms with Gasteiger partial charge in [0.1, 0.15) is 0 Å². The monoisotopic (exact) mass is 271 g/mol. The van der Waals surface area contributed by atoms with Crippen molar-refractivity contribution in [2.24, 2.45) is 0 Å². The number of hydrogen-bond donors (Lipinski definition) is 0. The van der Waals surface area contributed by atoms with Crippen molar-refractivity contribution in [2.75, 3.05) is 13.1 Å². The zero-order valence-corrected chi connectivity index (χ0v) is 12.3. The van der Waals surface area contributed by atoms with Gasteiger partial charge in [0.15, 0.2) is 5.78 Å². The van der Waals surface area contributed by atoms with Gasteiger partial charge in [0.05, 0.1) is 5.54 Å². The van der Waals surface area contributed by atoms with Gasteiger partial charge in [0, 0.05) is 6.42 Å². The van der Waals surface area contributed by atoms with Crippen LogP contribution in [0.3, 0.4) is 0 Å². The van der Waals surface area contributed by atoms with Crippen molar-refractivity contribution in [3.63, 3.8) is 0 Å². The van der Waals surface area contributed by atoms with E-state index in [0.29, 0.717) is 12.2 Å². The van der Waals surface area contributed by atoms with E-state index >= 15 is 0 Å². The summed E-state index contributed by atoms with van der Waals surface area (Å²) in [6.07, 6.45) is 8.81. The Labute approximate surface area is 122 Å². The molecule has 1 aromatic carbocycles. The Kier molecular flexibility index (Phi) is 4.21. The highest BCUT2D eigenvalue weighted by Gasteiger charge is 2.45. The van der Waals surface area contributed by atoms with E-state index in [2.05, 4.69) is 29.2 Å². The van der Waals surface area contributed by atoms with Gasteiger partial charge in [-0.05, 0) is 50.8 Å². The Balaban J connectivity index is 1.67. The van der Waals surface area contributed by atoms with E-state index in [1.807, 2.05) is 6.07 Å². The smallest absolute Gasteiger partial charge is 0.153 e. The number of aryl methyl sites for hydroxylation is 1. The molecule has 0 amide bonds. The first-order valence-electron chi connectivity index (χ1n) is 8.14. The Morgan fingerprint density at radius 1 is 1.00 bits per heavy atom. The Bertz CT molecular complexity index is 442. The largest absolute Gasteiger partial charge is 0.298 e. The number of carbonyl (C=O) groups is 1. The lowest BCUT2D eigenvalue weighted by Crippen LogP contribution is -2.51. The normalized spacial score (nSPS) is 22.2. The van der Waals surface area contributed by atoms with Gasteiger partial charge < -0.3 is 0 Å². The molecule has 0 N–H and O–H groups in total. The molecule has 1 saturated carbocycles. The second kappa shape index (κ2) is 6.09. The van der Waals surface area contributed by atoms with Gasteiger partial charge >= 0.3 is 0 Å². The lowest BCUT2D eigenvalue weighted by molar-refractivity contribution is -0.130. The molecule has 2 fully saturated rings. The van der Waals surface area contributed by atoms with Crippen LogP contribution in [-0.4, -0.2) is 29.3 Å². The Morgan fingerprint density at radius 2 is 1.65 bits per heavy atom. The molecule has 0 bridgehead atoms. The van der Waals surface area contributed by atoms with Gasteiger partial charge in [-0.3, -0.25) is 9.69 Å². The number of likely N-dealkylation sites (tertiary alicyclic amines) is 1. The predicted molar refractivity (Wildman–Crippen MR) is 81.8 cm³/mol. The van der Waals surface area contributed by atoms with Gasteiger partial charge in [-0.2, -0.15) is 0 Å². The van der Waals surface area contributed by atoms with Crippen molar-refractivity contribution in [3.05, 3.63) is 35.9 Å². The second-order valence-corrected chi connectivity index (χ2v) is 6.34. The van der Waals surface area contributed by atoms with Crippen LogP contribution in [0.2, 0.25) is 0 Å². The van der Waals surface area contributed by atoms with E-state index in [9.17, 15) is 4.79 Å². The number of ketones is 1. The van der Waals surface area contributed by atoms with Gasteiger partial charge in [0.2, 0.25) is 0 Å². The quantitative estimate of drug-likeness (QED) is 0.815. The highest BCUT2D eigenvalue weighted by Crippen LogP contribution is 2.39. The zero-order valence-electron chi connectivity index (χ0n) is 12.3. The third-order valence-electron chi connectivity index (χ3n) is 5.14. The predicted octanol–water partition coefficient (Wildman–Crippen LogP) is 3.60. The summed E-state index contributed by atoms with van der Waals surface area (Å²) in [5.41, 5.74) is 1.20. The highest BCUT2D eigenvalue weighted by molar-refractivity contribution is 5.89. The molecule has 0 radical (unpaired) electrons. The molecule has 0 unspecified atom stereocenters. The topological polar surface area (TPSA) is 20.3 Å². The fourth-order valence-electron chi connectivity index (χ4n) is 4.01. The van der Waals surface area contributed by atoms with E-state index in [1.54, 1.807) is 0 Å². The van der Waals surface area contributed by atoms with Crippen molar-refractivity contribution < 1.29 is 4.79 Å². The minimum absolute atomic E-state index is 0.0920. The van der Waals surface area contributed by atoms with Gasteiger partial charge in [-0.15, -0.1) is 0 Å². The van der Waals surface area contributed by atoms with E-state index in [0.717, 1.165) is 32.4 Å². The van der Waals surface area contributed by atoms with Crippen LogP contribution in [0, 0.1) is 0 Å². The van der Waals surface area contributed by atoms with E-state index in [4.69, 9.17) is 0 Å². The average Bonchev–Trinajstić information content (AvgIpc) is 3.17. The van der Waals surface area contributed by atoms with Crippen LogP contribution in [0.25, 0.3) is 0 Å². The maximum atomic E-state index is 12.9. The summed E-state index contributed by atoms with van der Waals surface area (Å²) >= 11 is 0. The van der Waals surface area contributed by atoms with Crippen molar-refractivity contribution in [2.45, 2.75) is 56.9 Å². The van der Waals surface area contributed by atoms with Crippen LogP contribution in [0.5, 0.6) is 0 Å². The summed E-state index contributed by atoms with van der Waals surface area (Å²) in [7, 11) is 0. The van der Waals surface area contributed by atoms with Crippen LogP contribution >= 0.6 is 0 Å². The fraction of sp³-hybridized carbons (Fsp3) is 0.611. The van der Waals surface area contributed by atoms with Crippen molar-refractivity contribution in [1.29, 1.82) is 0 Å². The molecule has 1 saturated heterocycles. The maximum Gasteiger partial charge on any atom is 0.153 e. The first-order valence-corrected chi connectivity index (χ1v) is 8.14. The minimum atomic E-state index is -0.0920.